The predicted molar refractivity (Wildman–Crippen MR) is 83.3 cm³/mol. The lowest BCUT2D eigenvalue weighted by Gasteiger charge is -2.15. The summed E-state index contributed by atoms with van der Waals surface area (Å²) in [5.74, 6) is -0.186. The fraction of sp³-hybridized carbons (Fsp3) is 0.333. The lowest BCUT2D eigenvalue weighted by molar-refractivity contribution is 0.587. The van der Waals surface area contributed by atoms with Gasteiger partial charge in [-0.3, -0.25) is 0 Å². The topological polar surface area (TPSA) is 12.0 Å². The first-order valence-corrected chi connectivity index (χ1v) is 7.07. The number of halogens is 1. The molecule has 20 heavy (non-hydrogen) atoms. The van der Waals surface area contributed by atoms with Crippen molar-refractivity contribution in [3.63, 3.8) is 0 Å². The van der Waals surface area contributed by atoms with E-state index in [4.69, 9.17) is 0 Å². The monoisotopic (exact) mass is 271 g/mol. The maximum absolute atomic E-state index is 13.6. The van der Waals surface area contributed by atoms with Crippen LogP contribution < -0.4 is 5.32 Å². The predicted octanol–water partition coefficient (Wildman–Crippen LogP) is 4.61. The van der Waals surface area contributed by atoms with Gasteiger partial charge < -0.3 is 5.32 Å². The van der Waals surface area contributed by atoms with Gasteiger partial charge in [0.25, 0.3) is 0 Å². The Morgan fingerprint density at radius 3 is 2.50 bits per heavy atom. The molecule has 0 saturated heterocycles. The zero-order valence-electron chi connectivity index (χ0n) is 12.6. The van der Waals surface area contributed by atoms with Crippen molar-refractivity contribution >= 4 is 0 Å². The zero-order valence-corrected chi connectivity index (χ0v) is 12.6. The average molecular weight is 271 g/mol. The van der Waals surface area contributed by atoms with E-state index in [-0.39, 0.29) is 5.82 Å². The van der Waals surface area contributed by atoms with E-state index in [1.165, 1.54) is 17.2 Å². The third kappa shape index (κ3) is 3.26. The molecule has 2 rings (SSSR count). The molecule has 0 unspecified atom stereocenters. The fourth-order valence-electron chi connectivity index (χ4n) is 2.31. The van der Waals surface area contributed by atoms with Crippen molar-refractivity contribution in [2.45, 2.75) is 40.3 Å². The molecular weight excluding hydrogens is 249 g/mol. The molecule has 0 aliphatic rings. The quantitative estimate of drug-likeness (QED) is 0.856. The van der Waals surface area contributed by atoms with E-state index in [9.17, 15) is 4.39 Å². The second kappa shape index (κ2) is 6.19. The van der Waals surface area contributed by atoms with Crippen molar-refractivity contribution in [3.8, 4) is 11.1 Å². The number of benzene rings is 2. The van der Waals surface area contributed by atoms with Crippen LogP contribution in [0.5, 0.6) is 0 Å². The minimum absolute atomic E-state index is 0.186. The van der Waals surface area contributed by atoms with E-state index in [0.29, 0.717) is 6.04 Å². The van der Waals surface area contributed by atoms with Crippen molar-refractivity contribution in [2.75, 3.05) is 0 Å². The highest BCUT2D eigenvalue weighted by atomic mass is 19.1. The van der Waals surface area contributed by atoms with Crippen molar-refractivity contribution in [2.24, 2.45) is 0 Å². The first kappa shape index (κ1) is 14.7. The molecule has 0 heterocycles. The van der Waals surface area contributed by atoms with Crippen LogP contribution >= 0.6 is 0 Å². The number of hydrogen-bond acceptors (Lipinski definition) is 1. The third-order valence-corrected chi connectivity index (χ3v) is 3.67. The van der Waals surface area contributed by atoms with Crippen LogP contribution in [0, 0.1) is 19.7 Å². The molecule has 2 aromatic rings. The van der Waals surface area contributed by atoms with Crippen LogP contribution in [0.3, 0.4) is 0 Å². The van der Waals surface area contributed by atoms with Gasteiger partial charge in [-0.25, -0.2) is 4.39 Å². The number of nitrogens with one attached hydrogen (secondary N) is 1. The van der Waals surface area contributed by atoms with Crippen LogP contribution in [0.25, 0.3) is 11.1 Å². The number of rotatable bonds is 4. The van der Waals surface area contributed by atoms with Crippen LogP contribution in [0.2, 0.25) is 0 Å². The van der Waals surface area contributed by atoms with Crippen molar-refractivity contribution < 1.29 is 4.39 Å². The highest BCUT2D eigenvalue weighted by Crippen LogP contribution is 2.29. The first-order chi connectivity index (χ1) is 9.49. The van der Waals surface area contributed by atoms with Gasteiger partial charge >= 0.3 is 0 Å². The van der Waals surface area contributed by atoms with Crippen LogP contribution in [-0.4, -0.2) is 6.04 Å². The molecule has 0 spiro atoms. The fourth-order valence-corrected chi connectivity index (χ4v) is 2.31. The van der Waals surface area contributed by atoms with Crippen LogP contribution in [0.4, 0.5) is 4.39 Å². The van der Waals surface area contributed by atoms with E-state index in [0.717, 1.165) is 23.2 Å². The van der Waals surface area contributed by atoms with E-state index in [1.54, 1.807) is 6.07 Å². The normalized spacial score (nSPS) is 11.1. The molecule has 2 heteroatoms. The maximum Gasteiger partial charge on any atom is 0.123 e. The Morgan fingerprint density at radius 1 is 1.05 bits per heavy atom. The summed E-state index contributed by atoms with van der Waals surface area (Å²) in [5.41, 5.74) is 5.68. The summed E-state index contributed by atoms with van der Waals surface area (Å²) < 4.78 is 13.6. The van der Waals surface area contributed by atoms with E-state index in [2.05, 4.69) is 45.1 Å². The summed E-state index contributed by atoms with van der Waals surface area (Å²) in [4.78, 5) is 0. The molecular formula is C18H22FN. The Labute approximate surface area is 120 Å². The summed E-state index contributed by atoms with van der Waals surface area (Å²) >= 11 is 0. The summed E-state index contributed by atoms with van der Waals surface area (Å²) in [6.45, 7) is 9.16. The molecule has 0 fully saturated rings. The van der Waals surface area contributed by atoms with Crippen LogP contribution in [-0.2, 0) is 6.54 Å². The minimum atomic E-state index is -0.186. The Bertz CT molecular complexity index is 602. The molecule has 0 bridgehead atoms. The van der Waals surface area contributed by atoms with Crippen molar-refractivity contribution in [3.05, 3.63) is 58.9 Å². The molecule has 0 aliphatic carbocycles. The van der Waals surface area contributed by atoms with Crippen molar-refractivity contribution in [1.82, 2.24) is 5.32 Å². The molecule has 2 aromatic carbocycles. The van der Waals surface area contributed by atoms with E-state index < -0.39 is 0 Å². The zero-order chi connectivity index (χ0) is 14.7. The highest BCUT2D eigenvalue weighted by molar-refractivity contribution is 5.71. The molecule has 1 nitrogen and oxygen atoms in total. The minimum Gasteiger partial charge on any atom is -0.310 e. The highest BCUT2D eigenvalue weighted by Gasteiger charge is 2.10. The van der Waals surface area contributed by atoms with E-state index >= 15 is 0 Å². The molecule has 0 atom stereocenters. The second-order valence-electron chi connectivity index (χ2n) is 5.58. The molecule has 1 N–H and O–H groups in total. The SMILES string of the molecule is Cc1cccc(-c2cc(F)ccc2CNC(C)C)c1C. The van der Waals surface area contributed by atoms with Gasteiger partial charge in [0.2, 0.25) is 0 Å². The van der Waals surface area contributed by atoms with Gasteiger partial charge in [0.1, 0.15) is 5.82 Å². The second-order valence-corrected chi connectivity index (χ2v) is 5.58. The first-order valence-electron chi connectivity index (χ1n) is 7.07. The Kier molecular flexibility index (Phi) is 4.56. The molecule has 0 aliphatic heterocycles. The lowest BCUT2D eigenvalue weighted by atomic mass is 9.93. The van der Waals surface area contributed by atoms with Crippen LogP contribution in [0.15, 0.2) is 36.4 Å². The Hall–Kier alpha value is -1.67. The third-order valence-electron chi connectivity index (χ3n) is 3.67. The molecule has 0 aromatic heterocycles. The lowest BCUT2D eigenvalue weighted by Crippen LogP contribution is -2.22. The molecule has 106 valence electrons. The Balaban J connectivity index is 2.48. The van der Waals surface area contributed by atoms with E-state index in [1.807, 2.05) is 12.1 Å². The maximum atomic E-state index is 13.6. The molecule has 0 saturated carbocycles. The van der Waals surface area contributed by atoms with Gasteiger partial charge in [-0.15, -0.1) is 0 Å². The van der Waals surface area contributed by atoms with Gasteiger partial charge in [-0.05, 0) is 53.8 Å². The standard InChI is InChI=1S/C18H22FN/c1-12(2)20-11-15-8-9-16(19)10-18(15)17-7-5-6-13(3)14(17)4/h5-10,12,20H,11H2,1-4H3. The van der Waals surface area contributed by atoms with Gasteiger partial charge in [-0.2, -0.15) is 0 Å². The smallest absolute Gasteiger partial charge is 0.123 e. The number of hydrogen-bond donors (Lipinski definition) is 1. The summed E-state index contributed by atoms with van der Waals surface area (Å²) in [6.07, 6.45) is 0. The Morgan fingerprint density at radius 2 is 1.80 bits per heavy atom. The number of aryl methyl sites for hydroxylation is 1. The van der Waals surface area contributed by atoms with Gasteiger partial charge in [0.05, 0.1) is 0 Å². The van der Waals surface area contributed by atoms with Gasteiger partial charge in [-0.1, -0.05) is 38.1 Å². The van der Waals surface area contributed by atoms with Crippen LogP contribution in [0.1, 0.15) is 30.5 Å². The summed E-state index contributed by atoms with van der Waals surface area (Å²) in [7, 11) is 0. The van der Waals surface area contributed by atoms with Gasteiger partial charge in [0.15, 0.2) is 0 Å². The van der Waals surface area contributed by atoms with Gasteiger partial charge in [0, 0.05) is 12.6 Å². The molecule has 0 amide bonds. The largest absolute Gasteiger partial charge is 0.310 e. The summed E-state index contributed by atoms with van der Waals surface area (Å²) in [5, 5.41) is 3.40. The summed E-state index contributed by atoms with van der Waals surface area (Å²) in [6, 6.07) is 11.6. The molecule has 0 radical (unpaired) electrons. The average Bonchev–Trinajstić information content (AvgIpc) is 2.40. The van der Waals surface area contributed by atoms with Crippen molar-refractivity contribution in [1.29, 1.82) is 0 Å².